The van der Waals surface area contributed by atoms with Crippen molar-refractivity contribution in [3.63, 3.8) is 0 Å². The predicted molar refractivity (Wildman–Crippen MR) is 54.0 cm³/mol. The first-order valence-electron chi connectivity index (χ1n) is 0. The van der Waals surface area contributed by atoms with Crippen LogP contribution in [-0.2, 0) is 0 Å². The van der Waals surface area contributed by atoms with Crippen LogP contribution in [0, 0.1) is 0 Å². The van der Waals surface area contributed by atoms with Gasteiger partial charge in [-0.25, -0.2) is 0 Å². The van der Waals surface area contributed by atoms with Crippen LogP contribution in [0.2, 0.25) is 0 Å². The molecule has 0 aliphatic rings. The van der Waals surface area contributed by atoms with Gasteiger partial charge < -0.3 is 0 Å². The quantitative estimate of drug-likeness (QED) is 0.561. The fraction of sp³-hybridized carbons (Fsp3) is 1.00. The van der Waals surface area contributed by atoms with E-state index in [4.69, 9.17) is 0 Å². The Hall–Kier alpha value is 2.22. The molecule has 54 valence electrons. The third kappa shape index (κ3) is 86.7. The van der Waals surface area contributed by atoms with Gasteiger partial charge in [0.25, 0.3) is 0 Å². The zero-order valence-electron chi connectivity index (χ0n) is 2.79. The van der Waals surface area contributed by atoms with Crippen LogP contribution in [0.3, 0.4) is 0 Å². The molecule has 0 aliphatic heterocycles. The molecular formula is C2H12Al2Cl4. The van der Waals surface area contributed by atoms with E-state index >= 15 is 0 Å². The predicted octanol–water partition coefficient (Wildman–Crippen LogP) is 2.20. The van der Waals surface area contributed by atoms with Crippen molar-refractivity contribution >= 4 is 84.4 Å². The Morgan fingerprint density at radius 2 is 0.375 bits per heavy atom. The Labute approximate surface area is 98.5 Å². The summed E-state index contributed by atoms with van der Waals surface area (Å²) in [6.07, 6.45) is 0. The van der Waals surface area contributed by atoms with E-state index in [9.17, 15) is 0 Å². The maximum absolute atomic E-state index is 0. The van der Waals surface area contributed by atoms with Crippen molar-refractivity contribution in [1.29, 1.82) is 0 Å². The molecule has 0 amide bonds. The van der Waals surface area contributed by atoms with Crippen LogP contribution in [0.25, 0.3) is 0 Å². The van der Waals surface area contributed by atoms with E-state index < -0.39 is 0 Å². The molecule has 0 aromatic carbocycles. The molecule has 0 aromatic rings. The van der Waals surface area contributed by atoms with Crippen LogP contribution in [0.4, 0.5) is 0 Å². The zero-order chi connectivity index (χ0) is 0. The SMILES string of the molecule is C.C.Cl.Cl.Cl.Cl.[Al].[Al]. The third-order valence-electron chi connectivity index (χ3n) is 0. The fourth-order valence-electron chi connectivity index (χ4n) is 0. The molecule has 6 radical (unpaired) electrons. The summed E-state index contributed by atoms with van der Waals surface area (Å²) in [5, 5.41) is 0. The molecule has 0 unspecified atom stereocenters. The van der Waals surface area contributed by atoms with Gasteiger partial charge in [0.05, 0.1) is 0 Å². The van der Waals surface area contributed by atoms with Gasteiger partial charge in [-0.3, -0.25) is 0 Å². The topological polar surface area (TPSA) is 0 Å². The lowest BCUT2D eigenvalue weighted by atomic mass is 12.0. The largest absolute Gasteiger partial charge is 0.147 e. The summed E-state index contributed by atoms with van der Waals surface area (Å²) in [7, 11) is 0. The monoisotopic (exact) mass is 230 g/mol. The Morgan fingerprint density at radius 3 is 0.375 bits per heavy atom. The Kier molecular flexibility index (Phi) is 2770. The van der Waals surface area contributed by atoms with E-state index in [1.807, 2.05) is 0 Å². The highest BCUT2D eigenvalue weighted by molar-refractivity contribution is 5.86. The van der Waals surface area contributed by atoms with Gasteiger partial charge >= 0.3 is 0 Å². The van der Waals surface area contributed by atoms with Crippen LogP contribution < -0.4 is 0 Å². The van der Waals surface area contributed by atoms with Crippen molar-refractivity contribution in [2.24, 2.45) is 0 Å². The van der Waals surface area contributed by atoms with Crippen LogP contribution in [-0.4, -0.2) is 34.7 Å². The molecule has 8 heavy (non-hydrogen) atoms. The van der Waals surface area contributed by atoms with Crippen molar-refractivity contribution < 1.29 is 0 Å². The summed E-state index contributed by atoms with van der Waals surface area (Å²) in [6.45, 7) is 0. The Bertz CT molecular complexity index is 12.0. The highest BCUT2D eigenvalue weighted by Gasteiger charge is 0.00111. The average molecular weight is 232 g/mol. The standard InChI is InChI=1S/2CH4.2Al.4ClH/h2*1H4;;;4*1H. The molecule has 0 heterocycles. The normalized spacial score (nSPS) is 0. The van der Waals surface area contributed by atoms with E-state index in [2.05, 4.69) is 0 Å². The molecule has 0 spiro atoms. The molecule has 0 rings (SSSR count). The fourth-order valence-corrected chi connectivity index (χ4v) is 0. The minimum atomic E-state index is 0. The van der Waals surface area contributed by atoms with Gasteiger partial charge in [-0.1, -0.05) is 14.9 Å². The minimum Gasteiger partial charge on any atom is -0.147 e. The first-order chi connectivity index (χ1) is 0. The zero-order valence-corrected chi connectivity index (χ0v) is 8.36. The Morgan fingerprint density at radius 1 is 0.375 bits per heavy atom. The molecular weight excluding hydrogens is 220 g/mol. The second-order valence-electron chi connectivity index (χ2n) is 0. The van der Waals surface area contributed by atoms with Crippen LogP contribution in [0.5, 0.6) is 0 Å². The van der Waals surface area contributed by atoms with Crippen LogP contribution >= 0.6 is 49.6 Å². The summed E-state index contributed by atoms with van der Waals surface area (Å²) in [5.41, 5.74) is 0. The van der Waals surface area contributed by atoms with Crippen LogP contribution in [0.1, 0.15) is 14.9 Å². The van der Waals surface area contributed by atoms with Gasteiger partial charge in [0.15, 0.2) is 0 Å². The first-order valence-corrected chi connectivity index (χ1v) is 0. The van der Waals surface area contributed by atoms with Gasteiger partial charge in [-0.15, -0.1) is 49.6 Å². The van der Waals surface area contributed by atoms with Crippen molar-refractivity contribution in [3.8, 4) is 0 Å². The lowest BCUT2D eigenvalue weighted by molar-refractivity contribution is 2.50. The number of halogens is 4. The maximum atomic E-state index is 0. The molecule has 0 nitrogen and oxygen atoms in total. The summed E-state index contributed by atoms with van der Waals surface area (Å²) in [5.74, 6) is 0. The van der Waals surface area contributed by atoms with Crippen LogP contribution in [0.15, 0.2) is 0 Å². The van der Waals surface area contributed by atoms with Gasteiger partial charge in [-0.2, -0.15) is 0 Å². The maximum Gasteiger partial charge on any atom is 0 e. The van der Waals surface area contributed by atoms with E-state index in [1.54, 1.807) is 0 Å². The van der Waals surface area contributed by atoms with Crippen molar-refractivity contribution in [3.05, 3.63) is 0 Å². The van der Waals surface area contributed by atoms with Gasteiger partial charge in [0.1, 0.15) is 0 Å². The number of hydrogen-bond donors (Lipinski definition) is 0. The average Bonchev–Trinajstić information content (AvgIpc) is 0. The van der Waals surface area contributed by atoms with Gasteiger partial charge in [0.2, 0.25) is 0 Å². The molecule has 0 aliphatic carbocycles. The smallest absolute Gasteiger partial charge is 0 e. The first kappa shape index (κ1) is 176. The molecule has 0 bridgehead atoms. The van der Waals surface area contributed by atoms with E-state index in [1.165, 1.54) is 0 Å². The van der Waals surface area contributed by atoms with Crippen molar-refractivity contribution in [2.75, 3.05) is 0 Å². The second-order valence-corrected chi connectivity index (χ2v) is 0. The second kappa shape index (κ2) is 126. The summed E-state index contributed by atoms with van der Waals surface area (Å²) in [6, 6.07) is 0. The van der Waals surface area contributed by atoms with E-state index in [0.717, 1.165) is 0 Å². The molecule has 0 N–H and O–H groups in total. The van der Waals surface area contributed by atoms with Crippen molar-refractivity contribution in [1.82, 2.24) is 0 Å². The molecule has 6 heteroatoms. The van der Waals surface area contributed by atoms with Gasteiger partial charge in [0, 0.05) is 34.7 Å². The number of hydrogen-bond acceptors (Lipinski definition) is 0. The summed E-state index contributed by atoms with van der Waals surface area (Å²) < 4.78 is 0. The molecule has 0 aromatic heterocycles. The highest BCUT2D eigenvalue weighted by Crippen LogP contribution is 0.693. The van der Waals surface area contributed by atoms with Gasteiger partial charge in [-0.05, 0) is 0 Å². The summed E-state index contributed by atoms with van der Waals surface area (Å²) >= 11 is 0. The lowest BCUT2D eigenvalue weighted by Gasteiger charge is -0.148. The molecule has 0 fully saturated rings. The third-order valence-corrected chi connectivity index (χ3v) is 0. The van der Waals surface area contributed by atoms with Crippen molar-refractivity contribution in [2.45, 2.75) is 14.9 Å². The summed E-state index contributed by atoms with van der Waals surface area (Å²) in [4.78, 5) is 0. The van der Waals surface area contributed by atoms with E-state index in [0.29, 0.717) is 0 Å². The lowest BCUT2D eigenvalue weighted by Crippen LogP contribution is -0.382. The molecule has 0 atom stereocenters. The molecule has 0 saturated carbocycles. The number of rotatable bonds is 0. The Balaban J connectivity index is 0. The highest BCUT2D eigenvalue weighted by atomic mass is 35.5. The van der Waals surface area contributed by atoms with E-state index in [-0.39, 0.29) is 99.2 Å². The minimum absolute atomic E-state index is 0. The molecule has 0 saturated heterocycles.